The van der Waals surface area contributed by atoms with Crippen LogP contribution in [0.1, 0.15) is 19.8 Å². The third-order valence-corrected chi connectivity index (χ3v) is 1.86. The quantitative estimate of drug-likeness (QED) is 0.329. The largest absolute Gasteiger partial charge is 0.379 e. The standard InChI is InChI=1S/C8H19O5P.Mg.2H/c1-2-3-4-11-5-6-12-7-8-13-14(9)10;;;/h9-10H,2-8H2,1H3;;;. The zero-order valence-corrected chi connectivity index (χ0v) is 9.41. The Morgan fingerprint density at radius 3 is 2.00 bits per heavy atom. The molecule has 0 aliphatic heterocycles. The number of hydrogen-bond acceptors (Lipinski definition) is 5. The van der Waals surface area contributed by atoms with Crippen molar-refractivity contribution < 1.29 is 23.8 Å². The maximum atomic E-state index is 8.37. The van der Waals surface area contributed by atoms with Gasteiger partial charge in [0.1, 0.15) is 0 Å². The third kappa shape index (κ3) is 17.6. The zero-order chi connectivity index (χ0) is 10.6. The topological polar surface area (TPSA) is 68.2 Å². The molecule has 2 N–H and O–H groups in total. The van der Waals surface area contributed by atoms with Crippen LogP contribution in [0.5, 0.6) is 0 Å². The lowest BCUT2D eigenvalue weighted by Crippen LogP contribution is -2.08. The number of unbranched alkanes of at least 4 members (excludes halogenated alkanes) is 1. The Hall–Kier alpha value is 0.996. The lowest BCUT2D eigenvalue weighted by Gasteiger charge is -2.06. The van der Waals surface area contributed by atoms with E-state index in [0.29, 0.717) is 19.8 Å². The molecule has 0 rings (SSSR count). The molecule has 0 aromatic rings. The van der Waals surface area contributed by atoms with Gasteiger partial charge in [-0.1, -0.05) is 13.3 Å². The molecule has 0 aromatic carbocycles. The van der Waals surface area contributed by atoms with Crippen molar-refractivity contribution in [1.29, 1.82) is 0 Å². The van der Waals surface area contributed by atoms with Crippen LogP contribution in [0.3, 0.4) is 0 Å². The summed E-state index contributed by atoms with van der Waals surface area (Å²) >= 11 is 0. The fraction of sp³-hybridized carbons (Fsp3) is 1.00. The van der Waals surface area contributed by atoms with Gasteiger partial charge in [0.15, 0.2) is 0 Å². The van der Waals surface area contributed by atoms with Crippen LogP contribution < -0.4 is 0 Å². The molecule has 0 fully saturated rings. The van der Waals surface area contributed by atoms with Gasteiger partial charge in [0.25, 0.3) is 0 Å². The van der Waals surface area contributed by atoms with E-state index in [2.05, 4.69) is 11.4 Å². The molecule has 0 aromatic heterocycles. The highest BCUT2D eigenvalue weighted by Gasteiger charge is 1.97. The third-order valence-electron chi connectivity index (χ3n) is 1.45. The summed E-state index contributed by atoms with van der Waals surface area (Å²) in [4.78, 5) is 16.7. The van der Waals surface area contributed by atoms with Gasteiger partial charge in [-0.3, -0.25) is 0 Å². The molecule has 0 saturated heterocycles. The smallest absolute Gasteiger partial charge is 0.327 e. The average molecular weight is 253 g/mol. The summed E-state index contributed by atoms with van der Waals surface area (Å²) in [7, 11) is -2.24. The summed E-state index contributed by atoms with van der Waals surface area (Å²) < 4.78 is 14.8. The van der Waals surface area contributed by atoms with E-state index in [4.69, 9.17) is 19.3 Å². The van der Waals surface area contributed by atoms with Crippen LogP contribution in [0.4, 0.5) is 0 Å². The van der Waals surface area contributed by atoms with Gasteiger partial charge >= 0.3 is 31.7 Å². The fourth-order valence-corrected chi connectivity index (χ4v) is 0.984. The first kappa shape index (κ1) is 18.4. The van der Waals surface area contributed by atoms with Crippen molar-refractivity contribution in [3.63, 3.8) is 0 Å². The summed E-state index contributed by atoms with van der Waals surface area (Å²) in [6.45, 7) is 4.54. The van der Waals surface area contributed by atoms with Crippen molar-refractivity contribution in [2.45, 2.75) is 19.8 Å². The minimum absolute atomic E-state index is 0. The van der Waals surface area contributed by atoms with Crippen LogP contribution in [0.2, 0.25) is 0 Å². The van der Waals surface area contributed by atoms with Crippen molar-refractivity contribution >= 4 is 31.7 Å². The number of ether oxygens (including phenoxy) is 2. The van der Waals surface area contributed by atoms with E-state index in [0.717, 1.165) is 19.4 Å². The minimum Gasteiger partial charge on any atom is -0.379 e. The fourth-order valence-electron chi connectivity index (χ4n) is 0.746. The Bertz CT molecular complexity index is 117. The van der Waals surface area contributed by atoms with Crippen molar-refractivity contribution in [3.05, 3.63) is 0 Å². The van der Waals surface area contributed by atoms with Crippen LogP contribution in [0.25, 0.3) is 0 Å². The summed E-state index contributed by atoms with van der Waals surface area (Å²) in [5.74, 6) is 0. The Balaban J connectivity index is 0. The van der Waals surface area contributed by atoms with Gasteiger partial charge in [-0.25, -0.2) is 0 Å². The Labute approximate surface area is 108 Å². The molecule has 0 radical (unpaired) electrons. The summed E-state index contributed by atoms with van der Waals surface area (Å²) in [6, 6.07) is 0. The predicted octanol–water partition coefficient (Wildman–Crippen LogP) is 0.132. The van der Waals surface area contributed by atoms with Crippen molar-refractivity contribution in [2.75, 3.05) is 33.0 Å². The van der Waals surface area contributed by atoms with E-state index in [-0.39, 0.29) is 29.7 Å². The Morgan fingerprint density at radius 2 is 1.47 bits per heavy atom. The molecule has 0 aliphatic rings. The second kappa shape index (κ2) is 15.0. The molecule has 0 amide bonds. The number of hydrogen-bond donors (Lipinski definition) is 2. The lowest BCUT2D eigenvalue weighted by molar-refractivity contribution is 0.0341. The highest BCUT2D eigenvalue weighted by molar-refractivity contribution is 7.39. The number of rotatable bonds is 10. The average Bonchev–Trinajstić information content (AvgIpc) is 2.15. The van der Waals surface area contributed by atoms with E-state index in [9.17, 15) is 0 Å². The Kier molecular flexibility index (Phi) is 18.4. The predicted molar refractivity (Wildman–Crippen MR) is 62.4 cm³/mol. The van der Waals surface area contributed by atoms with Crippen LogP contribution in [-0.2, 0) is 14.0 Å². The highest BCUT2D eigenvalue weighted by Crippen LogP contribution is 2.23. The van der Waals surface area contributed by atoms with Gasteiger partial charge in [-0.05, 0) is 6.42 Å². The lowest BCUT2D eigenvalue weighted by atomic mass is 10.4. The zero-order valence-electron chi connectivity index (χ0n) is 8.52. The van der Waals surface area contributed by atoms with Crippen molar-refractivity contribution in [3.8, 4) is 0 Å². The van der Waals surface area contributed by atoms with Crippen LogP contribution >= 0.6 is 8.60 Å². The molecule has 15 heavy (non-hydrogen) atoms. The monoisotopic (exact) mass is 252 g/mol. The van der Waals surface area contributed by atoms with Crippen LogP contribution in [-0.4, -0.2) is 65.9 Å². The van der Waals surface area contributed by atoms with E-state index in [1.807, 2.05) is 0 Å². The van der Waals surface area contributed by atoms with Gasteiger partial charge < -0.3 is 23.8 Å². The molecular formula is C8H21MgO5P. The molecule has 0 spiro atoms. The maximum Gasteiger partial charge on any atom is 0.327 e. The van der Waals surface area contributed by atoms with Crippen LogP contribution in [0, 0.1) is 0 Å². The first-order chi connectivity index (χ1) is 6.77. The molecule has 5 nitrogen and oxygen atoms in total. The first-order valence-corrected chi connectivity index (χ1v) is 5.90. The summed E-state index contributed by atoms with van der Waals surface area (Å²) in [6.07, 6.45) is 2.20. The second-order valence-corrected chi connectivity index (χ2v) is 3.43. The van der Waals surface area contributed by atoms with E-state index < -0.39 is 8.60 Å². The molecule has 0 heterocycles. The molecule has 0 atom stereocenters. The maximum absolute atomic E-state index is 8.37. The molecule has 0 unspecified atom stereocenters. The van der Waals surface area contributed by atoms with Crippen LogP contribution in [0.15, 0.2) is 0 Å². The van der Waals surface area contributed by atoms with Gasteiger partial charge in [-0.15, -0.1) is 0 Å². The summed E-state index contributed by atoms with van der Waals surface area (Å²) in [5, 5.41) is 0. The molecule has 0 bridgehead atoms. The molecular weight excluding hydrogens is 231 g/mol. The van der Waals surface area contributed by atoms with E-state index in [1.54, 1.807) is 0 Å². The molecule has 0 saturated carbocycles. The molecule has 0 aliphatic carbocycles. The van der Waals surface area contributed by atoms with E-state index >= 15 is 0 Å². The normalized spacial score (nSPS) is 10.4. The SMILES string of the molecule is CCCCOCCOCCOP(O)O.[MgH2]. The summed E-state index contributed by atoms with van der Waals surface area (Å²) in [5.41, 5.74) is 0. The van der Waals surface area contributed by atoms with Gasteiger partial charge in [0.2, 0.25) is 0 Å². The molecule has 7 heteroatoms. The second-order valence-electron chi connectivity index (χ2n) is 2.66. The van der Waals surface area contributed by atoms with Gasteiger partial charge in [-0.2, -0.15) is 0 Å². The Morgan fingerprint density at radius 1 is 0.933 bits per heavy atom. The van der Waals surface area contributed by atoms with Crippen molar-refractivity contribution in [1.82, 2.24) is 0 Å². The van der Waals surface area contributed by atoms with Crippen molar-refractivity contribution in [2.24, 2.45) is 0 Å². The first-order valence-electron chi connectivity index (χ1n) is 4.73. The van der Waals surface area contributed by atoms with E-state index in [1.165, 1.54) is 0 Å². The van der Waals surface area contributed by atoms with Gasteiger partial charge in [0.05, 0.1) is 26.4 Å². The molecule has 90 valence electrons. The highest BCUT2D eigenvalue weighted by atomic mass is 31.2. The van der Waals surface area contributed by atoms with Gasteiger partial charge in [0, 0.05) is 6.61 Å². The minimum atomic E-state index is -2.24.